The van der Waals surface area contributed by atoms with Crippen molar-refractivity contribution in [2.75, 3.05) is 0 Å². The number of carboxylic acid groups (broad SMARTS) is 1. The van der Waals surface area contributed by atoms with E-state index in [1.165, 1.54) is 6.92 Å². The first-order valence-electron chi connectivity index (χ1n) is 5.98. The van der Waals surface area contributed by atoms with Crippen LogP contribution in [0.3, 0.4) is 0 Å². The van der Waals surface area contributed by atoms with E-state index in [0.717, 1.165) is 10.4 Å². The van der Waals surface area contributed by atoms with Crippen LogP contribution in [0.2, 0.25) is 0 Å². The van der Waals surface area contributed by atoms with Crippen LogP contribution in [-0.4, -0.2) is 35.9 Å². The minimum atomic E-state index is -4.62. The van der Waals surface area contributed by atoms with Gasteiger partial charge in [-0.05, 0) is 31.9 Å². The minimum absolute atomic E-state index is 0.102. The van der Waals surface area contributed by atoms with Gasteiger partial charge < -0.3 is 5.11 Å². The van der Waals surface area contributed by atoms with Gasteiger partial charge in [0.25, 0.3) is 10.0 Å². The fourth-order valence-corrected chi connectivity index (χ4v) is 4.98. The number of alkyl halides is 3. The van der Waals surface area contributed by atoms with Gasteiger partial charge in [-0.3, -0.25) is 4.79 Å². The number of nitrogens with zero attached hydrogens (tertiary/aromatic N) is 1. The van der Waals surface area contributed by atoms with Gasteiger partial charge in [0, 0.05) is 6.04 Å². The Kier molecular flexibility index (Phi) is 4.06. The lowest BCUT2D eigenvalue weighted by Crippen LogP contribution is -2.44. The highest BCUT2D eigenvalue weighted by Gasteiger charge is 2.45. The summed E-state index contributed by atoms with van der Waals surface area (Å²) in [5.74, 6) is -1.34. The predicted octanol–water partition coefficient (Wildman–Crippen LogP) is 2.39. The molecule has 0 radical (unpaired) electrons. The molecule has 1 N–H and O–H groups in total. The molecule has 0 aromatic carbocycles. The standard InChI is InChI=1S/C11H12F3NO4S2/c1-6(10(16)17)15(7-2-3-7)21(18,19)9-5-4-8(20-9)11(12,13)14/h4-7H,2-3H2,1H3,(H,16,17). The van der Waals surface area contributed by atoms with Gasteiger partial charge in [-0.1, -0.05) is 0 Å². The molecule has 21 heavy (non-hydrogen) atoms. The van der Waals surface area contributed by atoms with E-state index >= 15 is 0 Å². The van der Waals surface area contributed by atoms with E-state index in [1.54, 1.807) is 0 Å². The van der Waals surface area contributed by atoms with Crippen molar-refractivity contribution < 1.29 is 31.5 Å². The Labute approximate surface area is 123 Å². The van der Waals surface area contributed by atoms with Gasteiger partial charge in [0.1, 0.15) is 15.1 Å². The zero-order valence-corrected chi connectivity index (χ0v) is 12.4. The summed E-state index contributed by atoms with van der Waals surface area (Å²) in [6.07, 6.45) is -3.61. The molecule has 0 saturated heterocycles. The van der Waals surface area contributed by atoms with Gasteiger partial charge in [0.05, 0.1) is 0 Å². The quantitative estimate of drug-likeness (QED) is 0.891. The van der Waals surface area contributed by atoms with Gasteiger partial charge in [0.2, 0.25) is 0 Å². The Balaban J connectivity index is 2.39. The average molecular weight is 343 g/mol. The van der Waals surface area contributed by atoms with Crippen LogP contribution in [0.4, 0.5) is 13.2 Å². The van der Waals surface area contributed by atoms with Crippen molar-refractivity contribution >= 4 is 27.3 Å². The summed E-state index contributed by atoms with van der Waals surface area (Å²) < 4.78 is 62.8. The van der Waals surface area contributed by atoms with Crippen LogP contribution >= 0.6 is 11.3 Å². The maximum absolute atomic E-state index is 12.6. The van der Waals surface area contributed by atoms with Crippen LogP contribution in [0, 0.1) is 0 Å². The molecule has 1 aromatic heterocycles. The van der Waals surface area contributed by atoms with E-state index in [4.69, 9.17) is 5.11 Å². The molecule has 0 aliphatic heterocycles. The molecule has 1 aliphatic rings. The average Bonchev–Trinajstić information content (AvgIpc) is 3.01. The zero-order valence-electron chi connectivity index (χ0n) is 10.8. The predicted molar refractivity (Wildman–Crippen MR) is 68.5 cm³/mol. The van der Waals surface area contributed by atoms with Gasteiger partial charge in [0.15, 0.2) is 0 Å². The highest BCUT2D eigenvalue weighted by Crippen LogP contribution is 2.40. The number of aliphatic carboxylic acids is 1. The summed E-state index contributed by atoms with van der Waals surface area (Å²) in [4.78, 5) is 10.0. The summed E-state index contributed by atoms with van der Waals surface area (Å²) in [7, 11) is -4.25. The molecule has 118 valence electrons. The SMILES string of the molecule is CC(C(=O)O)N(C1CC1)S(=O)(=O)c1ccc(C(F)(F)F)s1. The van der Waals surface area contributed by atoms with E-state index in [-0.39, 0.29) is 11.3 Å². The molecule has 0 bridgehead atoms. The van der Waals surface area contributed by atoms with Crippen LogP contribution in [0.1, 0.15) is 24.6 Å². The van der Waals surface area contributed by atoms with E-state index in [0.29, 0.717) is 18.9 Å². The van der Waals surface area contributed by atoms with Crippen molar-refractivity contribution in [2.24, 2.45) is 0 Å². The second kappa shape index (κ2) is 5.25. The highest BCUT2D eigenvalue weighted by atomic mass is 32.2. The Morgan fingerprint density at radius 3 is 2.38 bits per heavy atom. The smallest absolute Gasteiger partial charge is 0.425 e. The summed E-state index contributed by atoms with van der Waals surface area (Å²) in [6, 6.07) is -0.225. The number of halogens is 3. The molecular weight excluding hydrogens is 331 g/mol. The second-order valence-electron chi connectivity index (χ2n) is 4.70. The molecule has 1 heterocycles. The van der Waals surface area contributed by atoms with Gasteiger partial charge >= 0.3 is 12.1 Å². The maximum Gasteiger partial charge on any atom is 0.425 e. The highest BCUT2D eigenvalue weighted by molar-refractivity contribution is 7.91. The van der Waals surface area contributed by atoms with E-state index in [1.807, 2.05) is 0 Å². The van der Waals surface area contributed by atoms with Crippen molar-refractivity contribution in [1.82, 2.24) is 4.31 Å². The molecule has 1 unspecified atom stereocenters. The van der Waals surface area contributed by atoms with E-state index in [2.05, 4.69) is 0 Å². The minimum Gasteiger partial charge on any atom is -0.480 e. The molecule has 2 rings (SSSR count). The van der Waals surface area contributed by atoms with Crippen LogP contribution in [0.15, 0.2) is 16.3 Å². The molecule has 5 nitrogen and oxygen atoms in total. The first-order valence-corrected chi connectivity index (χ1v) is 8.24. The fraction of sp³-hybridized carbons (Fsp3) is 0.545. The molecule has 1 saturated carbocycles. The lowest BCUT2D eigenvalue weighted by Gasteiger charge is -2.24. The number of carbonyl (C=O) groups is 1. The monoisotopic (exact) mass is 343 g/mol. The van der Waals surface area contributed by atoms with Crippen molar-refractivity contribution in [3.05, 3.63) is 17.0 Å². The van der Waals surface area contributed by atoms with Crippen LogP contribution in [-0.2, 0) is 21.0 Å². The van der Waals surface area contributed by atoms with Crippen LogP contribution < -0.4 is 0 Å². The first-order chi connectivity index (χ1) is 9.55. The van der Waals surface area contributed by atoms with Crippen molar-refractivity contribution in [3.63, 3.8) is 0 Å². The summed E-state index contributed by atoms with van der Waals surface area (Å²) in [5.41, 5.74) is 0. The largest absolute Gasteiger partial charge is 0.480 e. The number of thiophene rings is 1. The van der Waals surface area contributed by atoms with E-state index in [9.17, 15) is 26.4 Å². The van der Waals surface area contributed by atoms with Crippen LogP contribution in [0.25, 0.3) is 0 Å². The number of hydrogen-bond donors (Lipinski definition) is 1. The second-order valence-corrected chi connectivity index (χ2v) is 7.85. The summed E-state index contributed by atoms with van der Waals surface area (Å²) in [6.45, 7) is 1.20. The third-order valence-electron chi connectivity index (χ3n) is 3.04. The normalized spacial score (nSPS) is 18.0. The maximum atomic E-state index is 12.6. The van der Waals surface area contributed by atoms with Crippen molar-refractivity contribution in [1.29, 1.82) is 0 Å². The lowest BCUT2D eigenvalue weighted by molar-refractivity contribution is -0.141. The molecule has 1 aromatic rings. The van der Waals surface area contributed by atoms with E-state index < -0.39 is 43.3 Å². The topological polar surface area (TPSA) is 74.7 Å². The number of rotatable bonds is 5. The molecule has 10 heteroatoms. The third kappa shape index (κ3) is 3.22. The molecule has 1 aliphatic carbocycles. The number of hydrogen-bond acceptors (Lipinski definition) is 4. The Bertz CT molecular complexity index is 649. The summed E-state index contributed by atoms with van der Waals surface area (Å²) >= 11 is 0.102. The van der Waals surface area contributed by atoms with Gasteiger partial charge in [-0.15, -0.1) is 11.3 Å². The Morgan fingerprint density at radius 2 is 2.00 bits per heavy atom. The van der Waals surface area contributed by atoms with Crippen molar-refractivity contribution in [2.45, 2.75) is 42.2 Å². The van der Waals surface area contributed by atoms with Crippen molar-refractivity contribution in [3.8, 4) is 0 Å². The summed E-state index contributed by atoms with van der Waals surface area (Å²) in [5, 5.41) is 8.99. The lowest BCUT2D eigenvalue weighted by atomic mass is 10.3. The molecule has 1 atom stereocenters. The molecule has 1 fully saturated rings. The fourth-order valence-electron chi connectivity index (χ4n) is 1.87. The third-order valence-corrected chi connectivity index (χ3v) is 6.66. The molecular formula is C11H12F3NO4S2. The Morgan fingerprint density at radius 1 is 1.43 bits per heavy atom. The Hall–Kier alpha value is -1.13. The van der Waals surface area contributed by atoms with Gasteiger partial charge in [-0.25, -0.2) is 8.42 Å². The first kappa shape index (κ1) is 16.2. The zero-order chi connectivity index (χ0) is 16.0. The molecule has 0 amide bonds. The molecule has 0 spiro atoms. The number of carboxylic acids is 1. The van der Waals surface area contributed by atoms with Crippen LogP contribution in [0.5, 0.6) is 0 Å². The number of sulfonamides is 1. The van der Waals surface area contributed by atoms with Gasteiger partial charge in [-0.2, -0.15) is 17.5 Å².